The van der Waals surface area contributed by atoms with E-state index in [0.29, 0.717) is 27.8 Å². The second kappa shape index (κ2) is 5.16. The highest BCUT2D eigenvalue weighted by Gasteiger charge is 2.26. The highest BCUT2D eigenvalue weighted by atomic mass is 19.4. The lowest BCUT2D eigenvalue weighted by Crippen LogP contribution is -2.18. The Kier molecular flexibility index (Phi) is 3.43. The minimum absolute atomic E-state index is 0.335. The fourth-order valence-corrected chi connectivity index (χ4v) is 2.45. The van der Waals surface area contributed by atoms with Gasteiger partial charge in [-0.2, -0.15) is 13.2 Å². The quantitative estimate of drug-likeness (QED) is 0.602. The third kappa shape index (κ3) is 2.84. The van der Waals surface area contributed by atoms with Crippen LogP contribution in [0.1, 0.15) is 11.1 Å². The van der Waals surface area contributed by atoms with E-state index in [4.69, 9.17) is 4.42 Å². The number of hydrogen-bond acceptors (Lipinski definition) is 2. The van der Waals surface area contributed by atoms with E-state index < -0.39 is 12.7 Å². The fraction of sp³-hybridized carbons (Fsp3) is 0.235. The number of aryl methyl sites for hydroxylation is 2. The molecule has 5 heteroatoms. The van der Waals surface area contributed by atoms with Crippen molar-refractivity contribution in [1.82, 2.24) is 0 Å². The molecule has 0 aromatic heterocycles. The van der Waals surface area contributed by atoms with Crippen LogP contribution < -0.4 is 5.36 Å². The molecule has 0 bridgehead atoms. The highest BCUT2D eigenvalue weighted by molar-refractivity contribution is 5.83. The summed E-state index contributed by atoms with van der Waals surface area (Å²) in [6.45, 7) is 2.50. The predicted octanol–water partition coefficient (Wildman–Crippen LogP) is 4.62. The van der Waals surface area contributed by atoms with E-state index in [1.54, 1.807) is 19.1 Å². The lowest BCUT2D eigenvalue weighted by molar-refractivity contribution is -0.118. The smallest absolute Gasteiger partial charge is 0.407 e. The average molecular weight is 305 g/mol. The molecule has 1 aromatic rings. The normalized spacial score (nSPS) is 13.2. The predicted molar refractivity (Wildman–Crippen MR) is 78.8 cm³/mol. The second-order valence-electron chi connectivity index (χ2n) is 5.36. The van der Waals surface area contributed by atoms with Crippen molar-refractivity contribution >= 4 is 11.0 Å². The van der Waals surface area contributed by atoms with Gasteiger partial charge in [0, 0.05) is 10.9 Å². The zero-order valence-corrected chi connectivity index (χ0v) is 12.2. The van der Waals surface area contributed by atoms with Gasteiger partial charge in [0.25, 0.3) is 0 Å². The topological polar surface area (TPSA) is 25.5 Å². The van der Waals surface area contributed by atoms with E-state index in [2.05, 4.69) is 4.99 Å². The van der Waals surface area contributed by atoms with Gasteiger partial charge >= 0.3 is 6.18 Å². The van der Waals surface area contributed by atoms with Crippen LogP contribution in [-0.4, -0.2) is 12.7 Å². The Morgan fingerprint density at radius 1 is 1.05 bits per heavy atom. The molecule has 22 heavy (non-hydrogen) atoms. The lowest BCUT2D eigenvalue weighted by atomic mass is 10.0. The molecular formula is C17H14F3NO. The third-order valence-electron chi connectivity index (χ3n) is 3.48. The van der Waals surface area contributed by atoms with Crippen LogP contribution in [0.2, 0.25) is 0 Å². The van der Waals surface area contributed by atoms with Crippen molar-refractivity contribution in [3.8, 4) is 11.3 Å². The molecule has 0 atom stereocenters. The molecule has 0 saturated heterocycles. The average Bonchev–Trinajstić information content (AvgIpc) is 2.43. The van der Waals surface area contributed by atoms with Crippen molar-refractivity contribution in [1.29, 1.82) is 0 Å². The van der Waals surface area contributed by atoms with E-state index in [1.165, 1.54) is 0 Å². The molecule has 1 aliphatic heterocycles. The van der Waals surface area contributed by atoms with Gasteiger partial charge in [-0.25, -0.2) is 0 Å². The summed E-state index contributed by atoms with van der Waals surface area (Å²) in [4.78, 5) is 3.75. The molecule has 2 nitrogen and oxygen atoms in total. The highest BCUT2D eigenvalue weighted by Crippen LogP contribution is 2.27. The zero-order chi connectivity index (χ0) is 15.9. The Labute approximate surface area is 125 Å². The summed E-state index contributed by atoms with van der Waals surface area (Å²) in [6, 6.07) is 11.0. The van der Waals surface area contributed by atoms with Crippen LogP contribution in [0.15, 0.2) is 45.8 Å². The molecule has 2 aliphatic rings. The first-order chi connectivity index (χ1) is 10.3. The summed E-state index contributed by atoms with van der Waals surface area (Å²) in [5.41, 5.74) is 3.05. The van der Waals surface area contributed by atoms with Crippen LogP contribution in [0.25, 0.3) is 22.3 Å². The fourth-order valence-electron chi connectivity index (χ4n) is 2.45. The van der Waals surface area contributed by atoms with Crippen molar-refractivity contribution in [3.05, 3.63) is 52.9 Å². The van der Waals surface area contributed by atoms with E-state index >= 15 is 0 Å². The van der Waals surface area contributed by atoms with Gasteiger partial charge in [0.05, 0.1) is 5.36 Å². The number of nitrogens with zero attached hydrogens (tertiary/aromatic N) is 1. The Morgan fingerprint density at radius 3 is 2.55 bits per heavy atom. The minimum Gasteiger partial charge on any atom is -0.456 e. The third-order valence-corrected chi connectivity index (χ3v) is 3.48. The zero-order valence-electron chi connectivity index (χ0n) is 12.2. The first kappa shape index (κ1) is 14.6. The molecule has 0 amide bonds. The van der Waals surface area contributed by atoms with Gasteiger partial charge in [-0.1, -0.05) is 17.7 Å². The Morgan fingerprint density at radius 2 is 1.82 bits per heavy atom. The second-order valence-corrected chi connectivity index (χ2v) is 5.36. The van der Waals surface area contributed by atoms with Crippen LogP contribution >= 0.6 is 0 Å². The van der Waals surface area contributed by atoms with Gasteiger partial charge in [-0.15, -0.1) is 0 Å². The van der Waals surface area contributed by atoms with Crippen molar-refractivity contribution in [2.45, 2.75) is 20.0 Å². The molecule has 0 spiro atoms. The molecule has 0 radical (unpaired) electrons. The van der Waals surface area contributed by atoms with Gasteiger partial charge in [0.15, 0.2) is 0 Å². The molecule has 0 saturated carbocycles. The summed E-state index contributed by atoms with van der Waals surface area (Å²) in [6.07, 6.45) is -4.32. The Balaban J connectivity index is 2.30. The first-order valence-electron chi connectivity index (χ1n) is 6.84. The van der Waals surface area contributed by atoms with Crippen molar-refractivity contribution in [3.63, 3.8) is 0 Å². The number of alkyl halides is 3. The summed E-state index contributed by atoms with van der Waals surface area (Å²) in [7, 11) is 0. The number of halogens is 3. The maximum absolute atomic E-state index is 12.5. The van der Waals surface area contributed by atoms with Crippen molar-refractivity contribution in [2.24, 2.45) is 4.99 Å². The van der Waals surface area contributed by atoms with Crippen LogP contribution in [0.3, 0.4) is 0 Å². The maximum Gasteiger partial charge on any atom is 0.407 e. The van der Waals surface area contributed by atoms with Gasteiger partial charge < -0.3 is 4.42 Å². The van der Waals surface area contributed by atoms with Gasteiger partial charge in [0.2, 0.25) is 0 Å². The SMILES string of the molecule is Cc1ccc2oc3ccc(C)c(=NCC(F)(F)F)c-3cc2c1. The van der Waals surface area contributed by atoms with Gasteiger partial charge in [0.1, 0.15) is 17.9 Å². The molecule has 0 unspecified atom stereocenters. The van der Waals surface area contributed by atoms with E-state index in [1.807, 2.05) is 31.2 Å². The number of rotatable bonds is 1. The van der Waals surface area contributed by atoms with Gasteiger partial charge in [-0.3, -0.25) is 4.99 Å². The summed E-state index contributed by atoms with van der Waals surface area (Å²) >= 11 is 0. The summed E-state index contributed by atoms with van der Waals surface area (Å²) in [5, 5.41) is 1.18. The molecule has 114 valence electrons. The molecule has 1 heterocycles. The maximum atomic E-state index is 12.5. The van der Waals surface area contributed by atoms with Crippen LogP contribution in [-0.2, 0) is 0 Å². The van der Waals surface area contributed by atoms with E-state index in [0.717, 1.165) is 10.9 Å². The minimum atomic E-state index is -4.32. The van der Waals surface area contributed by atoms with Crippen LogP contribution in [0.5, 0.6) is 0 Å². The Bertz CT molecular complexity index is 877. The molecule has 1 aromatic carbocycles. The van der Waals surface area contributed by atoms with E-state index in [-0.39, 0.29) is 0 Å². The number of hydrogen-bond donors (Lipinski definition) is 0. The summed E-state index contributed by atoms with van der Waals surface area (Å²) < 4.78 is 43.2. The molecule has 1 aliphatic carbocycles. The molecule has 3 rings (SSSR count). The molecule has 0 fully saturated rings. The van der Waals surface area contributed by atoms with Crippen LogP contribution in [0, 0.1) is 13.8 Å². The number of benzene rings is 2. The first-order valence-corrected chi connectivity index (χ1v) is 6.84. The van der Waals surface area contributed by atoms with Gasteiger partial charge in [-0.05, 0) is 43.7 Å². The van der Waals surface area contributed by atoms with Crippen LogP contribution in [0.4, 0.5) is 13.2 Å². The number of fused-ring (bicyclic) bond motifs is 2. The Hall–Kier alpha value is -2.30. The molecule has 0 N–H and O–H groups in total. The van der Waals surface area contributed by atoms with E-state index in [9.17, 15) is 13.2 Å². The van der Waals surface area contributed by atoms with Crippen molar-refractivity contribution in [2.75, 3.05) is 6.54 Å². The largest absolute Gasteiger partial charge is 0.456 e. The molecular weight excluding hydrogens is 291 g/mol. The standard InChI is InChI=1S/C17H14F3NO/c1-10-3-5-14-12(7-10)8-13-15(22-14)6-4-11(2)16(13)21-9-17(18,19)20/h3-8H,9H2,1-2H3. The summed E-state index contributed by atoms with van der Waals surface area (Å²) in [5.74, 6) is 0.530. The monoisotopic (exact) mass is 305 g/mol. The van der Waals surface area contributed by atoms with Crippen molar-refractivity contribution < 1.29 is 17.6 Å². The lowest BCUT2D eigenvalue weighted by Gasteiger charge is -2.10.